The normalized spacial score (nSPS) is 25.2. The highest BCUT2D eigenvalue weighted by atomic mass is 127. The van der Waals surface area contributed by atoms with Crippen molar-refractivity contribution in [2.24, 2.45) is 5.16 Å². The van der Waals surface area contributed by atoms with Gasteiger partial charge in [-0.05, 0) is 20.8 Å². The Labute approximate surface area is 92.5 Å². The smallest absolute Gasteiger partial charge is 0.177 e. The van der Waals surface area contributed by atoms with Gasteiger partial charge in [-0.1, -0.05) is 11.1 Å². The number of oxime groups is 1. The van der Waals surface area contributed by atoms with Crippen LogP contribution in [0.15, 0.2) is 5.16 Å². The van der Waals surface area contributed by atoms with E-state index >= 15 is 0 Å². The van der Waals surface area contributed by atoms with Crippen LogP contribution < -0.4 is 0 Å². The fourth-order valence-corrected chi connectivity index (χ4v) is 1.58. The van der Waals surface area contributed by atoms with Crippen LogP contribution in [0.25, 0.3) is 0 Å². The zero-order chi connectivity index (χ0) is 9.90. The van der Waals surface area contributed by atoms with Gasteiger partial charge >= 0.3 is 0 Å². The molecular weight excluding hydrogens is 281 g/mol. The third-order valence-electron chi connectivity index (χ3n) is 1.96. The molecule has 0 aromatic rings. The summed E-state index contributed by atoms with van der Waals surface area (Å²) in [4.78, 5) is 5.23. The van der Waals surface area contributed by atoms with Gasteiger partial charge in [-0.25, -0.2) is 0 Å². The first-order valence-corrected chi connectivity index (χ1v) is 4.93. The first-order valence-electron chi connectivity index (χ1n) is 4.05. The lowest BCUT2D eigenvalue weighted by atomic mass is 9.96. The Morgan fingerprint density at radius 2 is 2.46 bits per heavy atom. The molecule has 0 N–H and O–H groups in total. The minimum Gasteiger partial charge on any atom is -0.388 e. The van der Waals surface area contributed by atoms with Crippen molar-refractivity contribution in [1.82, 2.24) is 0 Å². The second kappa shape index (κ2) is 4.29. The molecule has 13 heavy (non-hydrogen) atoms. The van der Waals surface area contributed by atoms with E-state index in [0.717, 1.165) is 12.1 Å². The van der Waals surface area contributed by atoms with Gasteiger partial charge in [0.15, 0.2) is 11.7 Å². The van der Waals surface area contributed by atoms with E-state index in [-0.39, 0.29) is 6.10 Å². The van der Waals surface area contributed by atoms with Crippen LogP contribution in [0.1, 0.15) is 27.2 Å². The third kappa shape index (κ3) is 2.35. The third-order valence-corrected chi connectivity index (χ3v) is 2.88. The van der Waals surface area contributed by atoms with Crippen molar-refractivity contribution in [3.8, 4) is 11.8 Å². The maximum Gasteiger partial charge on any atom is 0.177 e. The summed E-state index contributed by atoms with van der Waals surface area (Å²) in [6.45, 7) is 5.64. The summed E-state index contributed by atoms with van der Waals surface area (Å²) in [7, 11) is 0. The summed E-state index contributed by atoms with van der Waals surface area (Å²) >= 11 is 1.85. The van der Waals surface area contributed by atoms with Crippen LogP contribution in [0.3, 0.4) is 0 Å². The van der Waals surface area contributed by atoms with Gasteiger partial charge in [-0.2, -0.15) is 0 Å². The van der Waals surface area contributed by atoms with E-state index in [1.54, 1.807) is 6.92 Å². The summed E-state index contributed by atoms with van der Waals surface area (Å²) in [5, 5.41) is 3.88. The zero-order valence-electron chi connectivity index (χ0n) is 7.93. The molecule has 0 bridgehead atoms. The van der Waals surface area contributed by atoms with E-state index in [9.17, 15) is 0 Å². The molecule has 72 valence electrons. The number of rotatable bonds is 2. The molecule has 2 atom stereocenters. The van der Waals surface area contributed by atoms with Crippen LogP contribution in [0.2, 0.25) is 0 Å². The van der Waals surface area contributed by atoms with E-state index in [1.165, 1.54) is 0 Å². The Balaban J connectivity index is 2.72. The van der Waals surface area contributed by atoms with Crippen molar-refractivity contribution in [3.63, 3.8) is 0 Å². The molecule has 0 saturated carbocycles. The monoisotopic (exact) mass is 293 g/mol. The molecule has 0 radical (unpaired) electrons. The average molecular weight is 293 g/mol. The largest absolute Gasteiger partial charge is 0.388 e. The molecule has 1 aliphatic heterocycles. The highest BCUT2D eigenvalue weighted by Crippen LogP contribution is 2.27. The van der Waals surface area contributed by atoms with E-state index in [0.29, 0.717) is 0 Å². The molecule has 0 aromatic carbocycles. The summed E-state index contributed by atoms with van der Waals surface area (Å²) in [5.74, 6) is 5.83. The molecule has 0 amide bonds. The quantitative estimate of drug-likeness (QED) is 0.578. The molecule has 1 aliphatic rings. The van der Waals surface area contributed by atoms with Crippen molar-refractivity contribution in [1.29, 1.82) is 0 Å². The van der Waals surface area contributed by atoms with Crippen LogP contribution in [-0.4, -0.2) is 17.4 Å². The van der Waals surface area contributed by atoms with Crippen LogP contribution in [0, 0.1) is 11.8 Å². The average Bonchev–Trinajstić information content (AvgIpc) is 2.52. The molecule has 0 fully saturated rings. The van der Waals surface area contributed by atoms with Gasteiger partial charge in [0.25, 0.3) is 0 Å². The van der Waals surface area contributed by atoms with Gasteiger partial charge in [-0.3, -0.25) is 3.07 Å². The molecule has 2 unspecified atom stereocenters. The summed E-state index contributed by atoms with van der Waals surface area (Å²) < 4.78 is 5.31. The Kier molecular flexibility index (Phi) is 3.56. The Morgan fingerprint density at radius 3 is 2.85 bits per heavy atom. The van der Waals surface area contributed by atoms with Gasteiger partial charge in [-0.15, -0.1) is 5.92 Å². The Morgan fingerprint density at radius 1 is 1.77 bits per heavy atom. The fourth-order valence-electron chi connectivity index (χ4n) is 1.19. The zero-order valence-corrected chi connectivity index (χ0v) is 10.1. The maximum atomic E-state index is 5.31. The van der Waals surface area contributed by atoms with E-state index in [1.807, 2.05) is 36.9 Å². The van der Waals surface area contributed by atoms with Crippen molar-refractivity contribution >= 4 is 28.7 Å². The summed E-state index contributed by atoms with van der Waals surface area (Å²) in [6.07, 6.45) is 0.700. The first-order chi connectivity index (χ1) is 6.12. The predicted octanol–water partition coefficient (Wildman–Crippen LogP) is 2.30. The second-order valence-corrected chi connectivity index (χ2v) is 3.62. The van der Waals surface area contributed by atoms with Crippen LogP contribution >= 0.6 is 23.0 Å². The van der Waals surface area contributed by atoms with E-state index < -0.39 is 5.60 Å². The Bertz CT molecular complexity index is 279. The summed E-state index contributed by atoms with van der Waals surface area (Å²) in [5.41, 5.74) is 0.430. The molecule has 0 aliphatic carbocycles. The van der Waals surface area contributed by atoms with Crippen LogP contribution in [0.5, 0.6) is 0 Å². The molecule has 3 nitrogen and oxygen atoms in total. The SMILES string of the molecule is CC#CC(C)(OI)C1CC(C)=NO1. The first kappa shape index (κ1) is 10.8. The highest BCUT2D eigenvalue weighted by molar-refractivity contribution is 14.1. The number of hydrogen-bond acceptors (Lipinski definition) is 3. The van der Waals surface area contributed by atoms with Gasteiger partial charge in [0, 0.05) is 6.42 Å². The van der Waals surface area contributed by atoms with Crippen molar-refractivity contribution in [2.45, 2.75) is 38.9 Å². The number of nitrogens with zero attached hydrogens (tertiary/aromatic N) is 1. The predicted molar refractivity (Wildman–Crippen MR) is 59.6 cm³/mol. The minimum absolute atomic E-state index is 0.0863. The highest BCUT2D eigenvalue weighted by Gasteiger charge is 2.38. The second-order valence-electron chi connectivity index (χ2n) is 3.18. The van der Waals surface area contributed by atoms with E-state index in [4.69, 9.17) is 7.90 Å². The fraction of sp³-hybridized carbons (Fsp3) is 0.667. The molecule has 1 heterocycles. The van der Waals surface area contributed by atoms with E-state index in [2.05, 4.69) is 17.0 Å². The van der Waals surface area contributed by atoms with Crippen LogP contribution in [0.4, 0.5) is 0 Å². The topological polar surface area (TPSA) is 30.8 Å². The maximum absolute atomic E-state index is 5.31. The lowest BCUT2D eigenvalue weighted by Gasteiger charge is -2.24. The number of halogens is 1. The minimum atomic E-state index is -0.559. The van der Waals surface area contributed by atoms with Crippen LogP contribution in [-0.2, 0) is 7.90 Å². The van der Waals surface area contributed by atoms with Gasteiger partial charge in [0.05, 0.1) is 5.71 Å². The molecule has 0 spiro atoms. The molecule has 1 rings (SSSR count). The molecule has 0 saturated heterocycles. The van der Waals surface area contributed by atoms with Gasteiger partial charge in [0.1, 0.15) is 23.0 Å². The standard InChI is InChI=1S/C9H12INO2/c1-4-5-9(3,13-10)8-6-7(2)11-12-8/h8H,6H2,1-3H3. The van der Waals surface area contributed by atoms with Crippen molar-refractivity contribution in [2.75, 3.05) is 0 Å². The van der Waals surface area contributed by atoms with Crippen molar-refractivity contribution in [3.05, 3.63) is 0 Å². The molecular formula is C9H12INO2. The van der Waals surface area contributed by atoms with Gasteiger partial charge in [0.2, 0.25) is 0 Å². The number of hydrogen-bond donors (Lipinski definition) is 0. The lowest BCUT2D eigenvalue weighted by molar-refractivity contribution is -0.0135. The van der Waals surface area contributed by atoms with Gasteiger partial charge < -0.3 is 4.84 Å². The molecule has 0 aromatic heterocycles. The Hall–Kier alpha value is -0.280. The molecule has 4 heteroatoms. The summed E-state index contributed by atoms with van der Waals surface area (Å²) in [6, 6.07) is 0. The van der Waals surface area contributed by atoms with Crippen molar-refractivity contribution < 1.29 is 7.90 Å². The lowest BCUT2D eigenvalue weighted by Crippen LogP contribution is -2.38.